The third kappa shape index (κ3) is 6.88. The van der Waals surface area contributed by atoms with Crippen LogP contribution < -0.4 is 0 Å². The molecule has 41 heavy (non-hydrogen) atoms. The van der Waals surface area contributed by atoms with Crippen molar-refractivity contribution in [1.29, 1.82) is 0 Å². The SMILES string of the molecule is c1ccc2c(SCCCCCCCCCCCSc3c4ccccc4nc4ccccc34)c3ccccc3nc2c1. The molecule has 208 valence electrons. The lowest BCUT2D eigenvalue weighted by atomic mass is 10.1. The maximum Gasteiger partial charge on any atom is 0.0721 e. The first-order valence-electron chi connectivity index (χ1n) is 15.2. The summed E-state index contributed by atoms with van der Waals surface area (Å²) in [6.07, 6.45) is 12.1. The molecule has 2 nitrogen and oxygen atoms in total. The van der Waals surface area contributed by atoms with E-state index in [1.807, 2.05) is 23.5 Å². The van der Waals surface area contributed by atoms with E-state index in [1.165, 1.54) is 101 Å². The van der Waals surface area contributed by atoms with Gasteiger partial charge in [0.05, 0.1) is 22.1 Å². The number of unbranched alkanes of at least 4 members (excludes halogenated alkanes) is 8. The Morgan fingerprint density at radius 2 is 0.610 bits per heavy atom. The minimum Gasteiger partial charge on any atom is -0.248 e. The number of benzene rings is 4. The minimum atomic E-state index is 1.10. The van der Waals surface area contributed by atoms with Crippen LogP contribution in [0.5, 0.6) is 0 Å². The van der Waals surface area contributed by atoms with E-state index < -0.39 is 0 Å². The zero-order valence-corrected chi connectivity index (χ0v) is 25.4. The third-order valence-corrected chi connectivity index (χ3v) is 10.3. The summed E-state index contributed by atoms with van der Waals surface area (Å²) in [6, 6.07) is 34.3. The predicted molar refractivity (Wildman–Crippen MR) is 181 cm³/mol. The van der Waals surface area contributed by atoms with E-state index in [4.69, 9.17) is 9.97 Å². The van der Waals surface area contributed by atoms with Crippen molar-refractivity contribution >= 4 is 67.1 Å². The van der Waals surface area contributed by atoms with Gasteiger partial charge in [-0.1, -0.05) is 118 Å². The molecule has 0 unspecified atom stereocenters. The number of rotatable bonds is 14. The Balaban J connectivity index is 0.871. The van der Waals surface area contributed by atoms with Crippen molar-refractivity contribution in [2.24, 2.45) is 0 Å². The first-order chi connectivity index (χ1) is 20.4. The van der Waals surface area contributed by atoms with Crippen LogP contribution in [0.2, 0.25) is 0 Å². The number of hydrogen-bond donors (Lipinski definition) is 0. The molecule has 0 bridgehead atoms. The fourth-order valence-electron chi connectivity index (χ4n) is 5.70. The van der Waals surface area contributed by atoms with Crippen LogP contribution in [0, 0.1) is 0 Å². The maximum absolute atomic E-state index is 4.87. The summed E-state index contributed by atoms with van der Waals surface area (Å²) in [5.74, 6) is 2.36. The molecule has 0 aliphatic carbocycles. The molecule has 0 spiro atoms. The molecule has 0 fully saturated rings. The average molecular weight is 575 g/mol. The zero-order valence-electron chi connectivity index (χ0n) is 23.7. The Hall–Kier alpha value is -3.08. The molecule has 2 heterocycles. The van der Waals surface area contributed by atoms with Gasteiger partial charge in [-0.2, -0.15) is 0 Å². The Morgan fingerprint density at radius 3 is 0.927 bits per heavy atom. The van der Waals surface area contributed by atoms with Crippen LogP contribution in [0.1, 0.15) is 57.8 Å². The first-order valence-corrected chi connectivity index (χ1v) is 17.2. The smallest absolute Gasteiger partial charge is 0.0721 e. The zero-order chi connectivity index (χ0) is 27.7. The molecule has 0 radical (unpaired) electrons. The number of pyridine rings is 2. The molecule has 0 atom stereocenters. The van der Waals surface area contributed by atoms with Gasteiger partial charge in [-0.25, -0.2) is 9.97 Å². The lowest BCUT2D eigenvalue weighted by Crippen LogP contribution is -1.89. The minimum absolute atomic E-state index is 1.10. The molecular weight excluding hydrogens is 537 g/mol. The van der Waals surface area contributed by atoms with Gasteiger partial charge in [0.25, 0.3) is 0 Å². The van der Waals surface area contributed by atoms with E-state index in [0.717, 1.165) is 22.1 Å². The Morgan fingerprint density at radius 1 is 0.341 bits per heavy atom. The van der Waals surface area contributed by atoms with Crippen molar-refractivity contribution in [3.05, 3.63) is 97.1 Å². The predicted octanol–water partition coefficient (Wildman–Crippen LogP) is 11.5. The van der Waals surface area contributed by atoms with Crippen LogP contribution >= 0.6 is 23.5 Å². The average Bonchev–Trinajstić information content (AvgIpc) is 3.02. The van der Waals surface area contributed by atoms with Gasteiger partial charge in [-0.15, -0.1) is 23.5 Å². The largest absolute Gasteiger partial charge is 0.248 e. The highest BCUT2D eigenvalue weighted by Crippen LogP contribution is 2.36. The van der Waals surface area contributed by atoms with Crippen LogP contribution in [0.4, 0.5) is 0 Å². The summed E-state index contributed by atoms with van der Waals surface area (Å²) in [4.78, 5) is 12.5. The van der Waals surface area contributed by atoms with Gasteiger partial charge in [-0.3, -0.25) is 0 Å². The summed E-state index contributed by atoms with van der Waals surface area (Å²) >= 11 is 4.03. The van der Waals surface area contributed by atoms with Crippen LogP contribution in [0.25, 0.3) is 43.6 Å². The summed E-state index contributed by atoms with van der Waals surface area (Å²) in [6.45, 7) is 0. The Kier molecular flexibility index (Phi) is 9.72. The quantitative estimate of drug-likeness (QED) is 0.0734. The van der Waals surface area contributed by atoms with Gasteiger partial charge >= 0.3 is 0 Å². The van der Waals surface area contributed by atoms with Crippen molar-refractivity contribution in [1.82, 2.24) is 9.97 Å². The van der Waals surface area contributed by atoms with Crippen LogP contribution in [0.3, 0.4) is 0 Å². The van der Waals surface area contributed by atoms with Crippen LogP contribution in [-0.2, 0) is 0 Å². The number of thioether (sulfide) groups is 2. The van der Waals surface area contributed by atoms with Gasteiger partial charge in [0, 0.05) is 31.3 Å². The van der Waals surface area contributed by atoms with Gasteiger partial charge in [0.2, 0.25) is 0 Å². The molecule has 0 saturated heterocycles. The van der Waals surface area contributed by atoms with E-state index in [0.29, 0.717) is 0 Å². The van der Waals surface area contributed by atoms with Crippen LogP contribution in [-0.4, -0.2) is 21.5 Å². The van der Waals surface area contributed by atoms with Crippen molar-refractivity contribution in [2.45, 2.75) is 67.6 Å². The maximum atomic E-state index is 4.87. The molecule has 0 amide bonds. The topological polar surface area (TPSA) is 25.8 Å². The van der Waals surface area contributed by atoms with Gasteiger partial charge in [-0.05, 0) is 48.6 Å². The highest BCUT2D eigenvalue weighted by Gasteiger charge is 2.10. The molecule has 6 rings (SSSR count). The number of para-hydroxylation sites is 4. The summed E-state index contributed by atoms with van der Waals surface area (Å²) in [5, 5.41) is 5.16. The Bertz CT molecular complexity index is 1510. The van der Waals surface area contributed by atoms with E-state index in [1.54, 1.807) is 0 Å². The second-order valence-corrected chi connectivity index (χ2v) is 13.0. The molecule has 6 aromatic rings. The molecule has 0 aliphatic rings. The fourth-order valence-corrected chi connectivity index (χ4v) is 8.12. The number of fused-ring (bicyclic) bond motifs is 4. The van der Waals surface area contributed by atoms with E-state index >= 15 is 0 Å². The molecule has 2 aromatic heterocycles. The number of nitrogens with zero attached hydrogens (tertiary/aromatic N) is 2. The molecule has 4 heteroatoms. The summed E-state index contributed by atoms with van der Waals surface area (Å²) in [7, 11) is 0. The van der Waals surface area contributed by atoms with Crippen LogP contribution in [0.15, 0.2) is 107 Å². The standard InChI is InChI=1S/C37H38N2S2/c1(2-4-6-16-26-40-36-28-18-8-12-22-32(28)38-33-23-13-9-19-29(33)36)3-5-7-17-27-41-37-30-20-10-14-24-34(30)39-35-25-15-11-21-31(35)37/h8-15,18-25H,1-7,16-17,26-27H2. The highest BCUT2D eigenvalue weighted by atomic mass is 32.2. The normalized spacial score (nSPS) is 11.7. The lowest BCUT2D eigenvalue weighted by Gasteiger charge is -2.10. The molecule has 0 N–H and O–H groups in total. The van der Waals surface area contributed by atoms with E-state index in [-0.39, 0.29) is 0 Å². The first kappa shape index (κ1) is 28.1. The van der Waals surface area contributed by atoms with Gasteiger partial charge < -0.3 is 0 Å². The molecule has 4 aromatic carbocycles. The summed E-state index contributed by atoms with van der Waals surface area (Å²) in [5.41, 5.74) is 4.41. The van der Waals surface area contributed by atoms with Crippen molar-refractivity contribution in [3.63, 3.8) is 0 Å². The van der Waals surface area contributed by atoms with Crippen molar-refractivity contribution in [3.8, 4) is 0 Å². The number of hydrogen-bond acceptors (Lipinski definition) is 4. The molecular formula is C37H38N2S2. The van der Waals surface area contributed by atoms with Gasteiger partial charge in [0.1, 0.15) is 0 Å². The monoisotopic (exact) mass is 574 g/mol. The lowest BCUT2D eigenvalue weighted by molar-refractivity contribution is 0.574. The fraction of sp³-hybridized carbons (Fsp3) is 0.297. The van der Waals surface area contributed by atoms with Crippen molar-refractivity contribution < 1.29 is 0 Å². The third-order valence-electron chi connectivity index (χ3n) is 7.86. The highest BCUT2D eigenvalue weighted by molar-refractivity contribution is 8.00. The number of aromatic nitrogens is 2. The van der Waals surface area contributed by atoms with Gasteiger partial charge in [0.15, 0.2) is 0 Å². The second-order valence-electron chi connectivity index (χ2n) is 10.8. The second kappa shape index (κ2) is 14.2. The Labute approximate surface area is 252 Å². The molecule has 0 aliphatic heterocycles. The van der Waals surface area contributed by atoms with Crippen molar-refractivity contribution in [2.75, 3.05) is 11.5 Å². The van der Waals surface area contributed by atoms with E-state index in [2.05, 4.69) is 97.1 Å². The summed E-state index contributed by atoms with van der Waals surface area (Å²) < 4.78 is 0. The molecule has 0 saturated carbocycles. The van der Waals surface area contributed by atoms with E-state index in [9.17, 15) is 0 Å².